The van der Waals surface area contributed by atoms with Gasteiger partial charge in [0, 0.05) is 29.9 Å². The van der Waals surface area contributed by atoms with Gasteiger partial charge in [-0.05, 0) is 69.6 Å². The number of halogens is 1. The van der Waals surface area contributed by atoms with Gasteiger partial charge in [-0.1, -0.05) is 18.0 Å². The number of aryl methyl sites for hydroxylation is 1. The number of rotatable bonds is 7. The van der Waals surface area contributed by atoms with E-state index in [0.29, 0.717) is 5.92 Å². The van der Waals surface area contributed by atoms with Gasteiger partial charge >= 0.3 is 0 Å². The van der Waals surface area contributed by atoms with Gasteiger partial charge in [0.2, 0.25) is 0 Å². The number of fused-ring (bicyclic) bond motifs is 1. The number of aromatic nitrogens is 3. The average Bonchev–Trinajstić information content (AvgIpc) is 3.31. The SMILES string of the molecule is Clc1ccc2sc(C3CCN(CCCCCn4cccn4)CC3)nc2c1. The monoisotopic (exact) mass is 388 g/mol. The molecule has 1 aliphatic rings. The van der Waals surface area contributed by atoms with Crippen molar-refractivity contribution >= 4 is 33.2 Å². The molecule has 0 unspecified atom stereocenters. The molecule has 4 rings (SSSR count). The third kappa shape index (κ3) is 4.45. The van der Waals surface area contributed by atoms with Gasteiger partial charge < -0.3 is 4.90 Å². The van der Waals surface area contributed by atoms with Gasteiger partial charge in [0.1, 0.15) is 0 Å². The molecular formula is C20H25ClN4S. The first kappa shape index (κ1) is 18.0. The minimum atomic E-state index is 0.613. The lowest BCUT2D eigenvalue weighted by Gasteiger charge is -2.31. The van der Waals surface area contributed by atoms with Crippen LogP contribution < -0.4 is 0 Å². The first-order valence-corrected chi connectivity index (χ1v) is 10.7. The molecule has 0 bridgehead atoms. The molecule has 26 heavy (non-hydrogen) atoms. The zero-order valence-corrected chi connectivity index (χ0v) is 16.6. The van der Waals surface area contributed by atoms with E-state index in [-0.39, 0.29) is 0 Å². The zero-order chi connectivity index (χ0) is 17.8. The molecule has 2 aromatic heterocycles. The van der Waals surface area contributed by atoms with Crippen LogP contribution in [0.1, 0.15) is 43.0 Å². The zero-order valence-electron chi connectivity index (χ0n) is 15.0. The van der Waals surface area contributed by atoms with Crippen LogP contribution in [0.3, 0.4) is 0 Å². The fourth-order valence-corrected chi connectivity index (χ4v) is 5.00. The fourth-order valence-electron chi connectivity index (χ4n) is 3.72. The Morgan fingerprint density at radius 3 is 2.77 bits per heavy atom. The van der Waals surface area contributed by atoms with E-state index in [4.69, 9.17) is 16.6 Å². The van der Waals surface area contributed by atoms with Crippen LogP contribution in [-0.2, 0) is 6.54 Å². The number of nitrogens with zero attached hydrogens (tertiary/aromatic N) is 4. The molecule has 4 nitrogen and oxygen atoms in total. The Kier molecular flexibility index (Phi) is 5.88. The lowest BCUT2D eigenvalue weighted by atomic mass is 9.97. The highest BCUT2D eigenvalue weighted by atomic mass is 35.5. The van der Waals surface area contributed by atoms with Crippen molar-refractivity contribution in [3.8, 4) is 0 Å². The molecule has 0 saturated carbocycles. The van der Waals surface area contributed by atoms with E-state index in [1.54, 1.807) is 0 Å². The van der Waals surface area contributed by atoms with Crippen molar-refractivity contribution < 1.29 is 0 Å². The molecule has 3 aromatic rings. The first-order chi connectivity index (χ1) is 12.8. The first-order valence-electron chi connectivity index (χ1n) is 9.54. The summed E-state index contributed by atoms with van der Waals surface area (Å²) in [7, 11) is 0. The van der Waals surface area contributed by atoms with Crippen LogP contribution in [0.5, 0.6) is 0 Å². The number of unbranched alkanes of at least 4 members (excludes halogenated alkanes) is 2. The molecule has 1 fully saturated rings. The predicted molar refractivity (Wildman–Crippen MR) is 109 cm³/mol. The van der Waals surface area contributed by atoms with Gasteiger partial charge in [-0.2, -0.15) is 5.10 Å². The Morgan fingerprint density at radius 2 is 1.96 bits per heavy atom. The molecule has 0 N–H and O–H groups in total. The van der Waals surface area contributed by atoms with Gasteiger partial charge in [-0.15, -0.1) is 11.3 Å². The summed E-state index contributed by atoms with van der Waals surface area (Å²) in [5.41, 5.74) is 1.05. The van der Waals surface area contributed by atoms with Crippen LogP contribution in [0.15, 0.2) is 36.7 Å². The molecule has 0 aliphatic carbocycles. The summed E-state index contributed by atoms with van der Waals surface area (Å²) in [4.78, 5) is 7.46. The standard InChI is InChI=1S/C20H25ClN4S/c21-17-5-6-19-18(15-17)23-20(26-19)16-7-13-24(14-8-16)10-2-1-3-11-25-12-4-9-22-25/h4-6,9,12,15-16H,1-3,7-8,10-11,13-14H2. The summed E-state index contributed by atoms with van der Waals surface area (Å²) in [6, 6.07) is 8.03. The molecule has 6 heteroatoms. The summed E-state index contributed by atoms with van der Waals surface area (Å²) >= 11 is 7.93. The maximum Gasteiger partial charge on any atom is 0.0970 e. The normalized spacial score (nSPS) is 16.5. The van der Waals surface area contributed by atoms with E-state index in [1.807, 2.05) is 46.6 Å². The number of piperidine rings is 1. The highest BCUT2D eigenvalue weighted by Gasteiger charge is 2.23. The summed E-state index contributed by atoms with van der Waals surface area (Å²) in [5, 5.41) is 6.32. The molecule has 0 atom stereocenters. The lowest BCUT2D eigenvalue weighted by Crippen LogP contribution is -2.33. The van der Waals surface area contributed by atoms with Crippen molar-refractivity contribution in [3.05, 3.63) is 46.7 Å². The van der Waals surface area contributed by atoms with E-state index >= 15 is 0 Å². The second-order valence-electron chi connectivity index (χ2n) is 7.11. The highest BCUT2D eigenvalue weighted by Crippen LogP contribution is 2.34. The Morgan fingerprint density at radius 1 is 1.12 bits per heavy atom. The number of likely N-dealkylation sites (tertiary alicyclic amines) is 1. The molecule has 0 spiro atoms. The minimum Gasteiger partial charge on any atom is -0.303 e. The highest BCUT2D eigenvalue weighted by molar-refractivity contribution is 7.18. The molecule has 1 saturated heterocycles. The molecular weight excluding hydrogens is 364 g/mol. The van der Waals surface area contributed by atoms with Crippen LogP contribution in [0.4, 0.5) is 0 Å². The summed E-state index contributed by atoms with van der Waals surface area (Å²) < 4.78 is 3.28. The number of thiazole rings is 1. The largest absolute Gasteiger partial charge is 0.303 e. The van der Waals surface area contributed by atoms with Crippen molar-refractivity contribution in [2.45, 2.75) is 44.6 Å². The van der Waals surface area contributed by atoms with E-state index in [9.17, 15) is 0 Å². The molecule has 138 valence electrons. The van der Waals surface area contributed by atoms with Gasteiger partial charge in [0.05, 0.1) is 15.2 Å². The Bertz CT molecular complexity index is 822. The topological polar surface area (TPSA) is 34.0 Å². The van der Waals surface area contributed by atoms with Gasteiger partial charge in [-0.25, -0.2) is 4.98 Å². The quantitative estimate of drug-likeness (QED) is 0.522. The third-order valence-electron chi connectivity index (χ3n) is 5.22. The van der Waals surface area contributed by atoms with Crippen molar-refractivity contribution in [3.63, 3.8) is 0 Å². The van der Waals surface area contributed by atoms with Gasteiger partial charge in [0.15, 0.2) is 0 Å². The van der Waals surface area contributed by atoms with Crippen LogP contribution in [0, 0.1) is 0 Å². The number of hydrogen-bond donors (Lipinski definition) is 0. The summed E-state index contributed by atoms with van der Waals surface area (Å²) in [5.74, 6) is 0.613. The van der Waals surface area contributed by atoms with Gasteiger partial charge in [0.25, 0.3) is 0 Å². The maximum atomic E-state index is 6.09. The molecule has 0 amide bonds. The van der Waals surface area contributed by atoms with Gasteiger partial charge in [-0.3, -0.25) is 4.68 Å². The van der Waals surface area contributed by atoms with E-state index in [0.717, 1.165) is 17.1 Å². The predicted octanol–water partition coefficient (Wildman–Crippen LogP) is 5.20. The Hall–Kier alpha value is -1.43. The molecule has 1 aromatic carbocycles. The number of hydrogen-bond acceptors (Lipinski definition) is 4. The smallest absolute Gasteiger partial charge is 0.0970 e. The lowest BCUT2D eigenvalue weighted by molar-refractivity contribution is 0.208. The van der Waals surface area contributed by atoms with Crippen LogP contribution >= 0.6 is 22.9 Å². The molecule has 1 aliphatic heterocycles. The second-order valence-corrected chi connectivity index (χ2v) is 8.61. The number of benzene rings is 1. The van der Waals surface area contributed by atoms with E-state index in [2.05, 4.69) is 16.1 Å². The molecule has 0 radical (unpaired) electrons. The Balaban J connectivity index is 1.19. The van der Waals surface area contributed by atoms with E-state index < -0.39 is 0 Å². The van der Waals surface area contributed by atoms with Crippen molar-refractivity contribution in [2.75, 3.05) is 19.6 Å². The van der Waals surface area contributed by atoms with Crippen molar-refractivity contribution in [1.82, 2.24) is 19.7 Å². The van der Waals surface area contributed by atoms with E-state index in [1.165, 1.54) is 61.4 Å². The van der Waals surface area contributed by atoms with Crippen LogP contribution in [-0.4, -0.2) is 39.3 Å². The summed E-state index contributed by atoms with van der Waals surface area (Å²) in [6.45, 7) is 4.65. The maximum absolute atomic E-state index is 6.09. The Labute approximate surface area is 163 Å². The van der Waals surface area contributed by atoms with Crippen molar-refractivity contribution in [2.24, 2.45) is 0 Å². The second kappa shape index (κ2) is 8.51. The van der Waals surface area contributed by atoms with Crippen LogP contribution in [0.2, 0.25) is 5.02 Å². The van der Waals surface area contributed by atoms with Crippen molar-refractivity contribution in [1.29, 1.82) is 0 Å². The minimum absolute atomic E-state index is 0.613. The molecule has 3 heterocycles. The summed E-state index contributed by atoms with van der Waals surface area (Å²) in [6.07, 6.45) is 10.1. The fraction of sp³-hybridized carbons (Fsp3) is 0.500. The van der Waals surface area contributed by atoms with Crippen LogP contribution in [0.25, 0.3) is 10.2 Å². The third-order valence-corrected chi connectivity index (χ3v) is 6.66. The average molecular weight is 389 g/mol.